The minimum atomic E-state index is -0.237. The van der Waals surface area contributed by atoms with Crippen molar-refractivity contribution >= 4 is 5.91 Å². The number of carbonyl (C=O) groups excluding carboxylic acids is 1. The van der Waals surface area contributed by atoms with Crippen molar-refractivity contribution in [3.63, 3.8) is 0 Å². The van der Waals surface area contributed by atoms with Gasteiger partial charge in [0.05, 0.1) is 25.9 Å². The zero-order valence-corrected chi connectivity index (χ0v) is 13.8. The summed E-state index contributed by atoms with van der Waals surface area (Å²) in [7, 11) is 3.95. The van der Waals surface area contributed by atoms with Gasteiger partial charge in [-0.2, -0.15) is 0 Å². The number of aromatic nitrogens is 2. The molecule has 23 heavy (non-hydrogen) atoms. The summed E-state index contributed by atoms with van der Waals surface area (Å²) in [4.78, 5) is 24.2. The minimum Gasteiger partial charge on any atom is -0.473 e. The molecule has 2 fully saturated rings. The molecule has 0 radical (unpaired) electrons. The van der Waals surface area contributed by atoms with E-state index in [1.54, 1.807) is 18.6 Å². The lowest BCUT2D eigenvalue weighted by atomic mass is 9.84. The highest BCUT2D eigenvalue weighted by Gasteiger charge is 2.49. The van der Waals surface area contributed by atoms with Crippen LogP contribution in [0.3, 0.4) is 0 Å². The smallest absolute Gasteiger partial charge is 0.232 e. The molecule has 0 aromatic carbocycles. The summed E-state index contributed by atoms with van der Waals surface area (Å²) in [6, 6.07) is 0. The van der Waals surface area contributed by atoms with Crippen molar-refractivity contribution in [2.24, 2.45) is 0 Å². The molecular formula is C16H24N4O3. The largest absolute Gasteiger partial charge is 0.473 e. The predicted octanol–water partition coefficient (Wildman–Crippen LogP) is 0.567. The first-order valence-electron chi connectivity index (χ1n) is 8.05. The molecule has 0 aliphatic carbocycles. The molecule has 7 nitrogen and oxygen atoms in total. The van der Waals surface area contributed by atoms with Crippen molar-refractivity contribution in [1.82, 2.24) is 19.8 Å². The lowest BCUT2D eigenvalue weighted by molar-refractivity contribution is -0.193. The molecule has 2 saturated heterocycles. The molecule has 2 aliphatic heterocycles. The van der Waals surface area contributed by atoms with Crippen molar-refractivity contribution in [1.29, 1.82) is 0 Å². The van der Waals surface area contributed by atoms with Gasteiger partial charge >= 0.3 is 0 Å². The Labute approximate surface area is 136 Å². The SMILES string of the molecule is CN(C)CCC(=O)N1CC2(C[C@H](Oc3cnccn3)CCO2)C1. The normalized spacial score (nSPS) is 22.9. The number of amides is 1. The van der Waals surface area contributed by atoms with E-state index in [1.807, 2.05) is 23.9 Å². The standard InChI is InChI=1S/C16H24N4O3/c1-19(2)7-3-15(21)20-11-16(12-20)9-13(4-8-22-16)23-14-10-17-5-6-18-14/h5-6,10,13H,3-4,7-9,11-12H2,1-2H3/t13-/m1/s1. The van der Waals surface area contributed by atoms with Crippen molar-refractivity contribution in [2.45, 2.75) is 31.0 Å². The Bertz CT molecular complexity index is 531. The summed E-state index contributed by atoms with van der Waals surface area (Å²) >= 11 is 0. The van der Waals surface area contributed by atoms with Gasteiger partial charge < -0.3 is 19.3 Å². The molecule has 1 aromatic heterocycles. The maximum absolute atomic E-state index is 12.1. The summed E-state index contributed by atoms with van der Waals surface area (Å²) in [6.45, 7) is 2.77. The molecule has 0 unspecified atom stereocenters. The first-order chi connectivity index (χ1) is 11.1. The average molecular weight is 320 g/mol. The Morgan fingerprint density at radius 3 is 3.00 bits per heavy atom. The first-order valence-corrected chi connectivity index (χ1v) is 8.05. The Hall–Kier alpha value is -1.73. The molecule has 1 atom stereocenters. The molecular weight excluding hydrogens is 296 g/mol. The quantitative estimate of drug-likeness (QED) is 0.790. The van der Waals surface area contributed by atoms with Crippen LogP contribution in [0, 0.1) is 0 Å². The Morgan fingerprint density at radius 2 is 2.30 bits per heavy atom. The number of ether oxygens (including phenoxy) is 2. The van der Waals surface area contributed by atoms with E-state index in [1.165, 1.54) is 0 Å². The third-order valence-electron chi connectivity index (χ3n) is 4.36. The Kier molecular flexibility index (Phi) is 4.77. The third-order valence-corrected chi connectivity index (χ3v) is 4.36. The molecule has 0 saturated carbocycles. The van der Waals surface area contributed by atoms with E-state index in [9.17, 15) is 4.79 Å². The molecule has 2 aliphatic rings. The van der Waals surface area contributed by atoms with Gasteiger partial charge in [-0.3, -0.25) is 9.78 Å². The van der Waals surface area contributed by atoms with Crippen molar-refractivity contribution in [3.8, 4) is 5.88 Å². The van der Waals surface area contributed by atoms with Crippen LogP contribution in [0.25, 0.3) is 0 Å². The van der Waals surface area contributed by atoms with Gasteiger partial charge in [0.15, 0.2) is 0 Å². The lowest BCUT2D eigenvalue weighted by Gasteiger charge is -2.52. The highest BCUT2D eigenvalue weighted by atomic mass is 16.5. The van der Waals surface area contributed by atoms with Gasteiger partial charge in [0.2, 0.25) is 11.8 Å². The number of rotatable bonds is 5. The molecule has 0 N–H and O–H groups in total. The number of likely N-dealkylation sites (tertiary alicyclic amines) is 1. The number of hydrogen-bond donors (Lipinski definition) is 0. The van der Waals surface area contributed by atoms with Crippen LogP contribution in [0.15, 0.2) is 18.6 Å². The fourth-order valence-corrected chi connectivity index (χ4v) is 3.12. The van der Waals surface area contributed by atoms with Crippen LogP contribution < -0.4 is 4.74 Å². The van der Waals surface area contributed by atoms with E-state index in [0.29, 0.717) is 32.0 Å². The third kappa shape index (κ3) is 3.97. The van der Waals surface area contributed by atoms with E-state index in [4.69, 9.17) is 9.47 Å². The van der Waals surface area contributed by atoms with E-state index < -0.39 is 0 Å². The zero-order valence-electron chi connectivity index (χ0n) is 13.8. The highest BCUT2D eigenvalue weighted by molar-refractivity contribution is 5.77. The summed E-state index contributed by atoms with van der Waals surface area (Å²) in [5.74, 6) is 0.748. The topological polar surface area (TPSA) is 67.8 Å². The summed E-state index contributed by atoms with van der Waals surface area (Å²) in [5.41, 5.74) is -0.237. The first kappa shape index (κ1) is 16.1. The molecule has 1 spiro atoms. The fourth-order valence-electron chi connectivity index (χ4n) is 3.12. The molecule has 3 rings (SSSR count). The van der Waals surface area contributed by atoms with E-state index in [2.05, 4.69) is 9.97 Å². The summed E-state index contributed by atoms with van der Waals surface area (Å²) < 4.78 is 11.9. The summed E-state index contributed by atoms with van der Waals surface area (Å²) in [6.07, 6.45) is 7.14. The second-order valence-corrected chi connectivity index (χ2v) is 6.61. The zero-order chi connectivity index (χ0) is 16.3. The number of nitrogens with zero attached hydrogens (tertiary/aromatic N) is 4. The highest BCUT2D eigenvalue weighted by Crippen LogP contribution is 2.35. The van der Waals surface area contributed by atoms with E-state index >= 15 is 0 Å². The average Bonchev–Trinajstić information content (AvgIpc) is 2.51. The van der Waals surface area contributed by atoms with E-state index in [-0.39, 0.29) is 17.6 Å². The Balaban J connectivity index is 1.49. The van der Waals surface area contributed by atoms with Crippen LogP contribution in [-0.4, -0.2) is 77.7 Å². The van der Waals surface area contributed by atoms with Crippen LogP contribution in [0.1, 0.15) is 19.3 Å². The number of hydrogen-bond acceptors (Lipinski definition) is 6. The Morgan fingerprint density at radius 1 is 1.48 bits per heavy atom. The lowest BCUT2D eigenvalue weighted by Crippen LogP contribution is -2.67. The van der Waals surface area contributed by atoms with Crippen LogP contribution in [0.2, 0.25) is 0 Å². The molecule has 3 heterocycles. The van der Waals surface area contributed by atoms with Gasteiger partial charge in [0.25, 0.3) is 0 Å². The second kappa shape index (κ2) is 6.80. The van der Waals surface area contributed by atoms with Gasteiger partial charge in [0, 0.05) is 38.2 Å². The predicted molar refractivity (Wildman–Crippen MR) is 84.1 cm³/mol. The monoisotopic (exact) mass is 320 g/mol. The van der Waals surface area contributed by atoms with Crippen LogP contribution in [0.5, 0.6) is 5.88 Å². The van der Waals surface area contributed by atoms with Gasteiger partial charge in [-0.25, -0.2) is 4.98 Å². The maximum Gasteiger partial charge on any atom is 0.232 e. The maximum atomic E-state index is 12.1. The van der Waals surface area contributed by atoms with Crippen molar-refractivity contribution in [2.75, 3.05) is 40.3 Å². The molecule has 1 aromatic rings. The molecule has 0 bridgehead atoms. The van der Waals surface area contributed by atoms with Gasteiger partial charge in [-0.15, -0.1) is 0 Å². The molecule has 126 valence electrons. The number of carbonyl (C=O) groups is 1. The molecule has 1 amide bonds. The summed E-state index contributed by atoms with van der Waals surface area (Å²) in [5, 5.41) is 0. The van der Waals surface area contributed by atoms with Crippen LogP contribution in [-0.2, 0) is 9.53 Å². The van der Waals surface area contributed by atoms with Crippen LogP contribution >= 0.6 is 0 Å². The second-order valence-electron chi connectivity index (χ2n) is 6.61. The van der Waals surface area contributed by atoms with Gasteiger partial charge in [0.1, 0.15) is 11.7 Å². The minimum absolute atomic E-state index is 0.0690. The fraction of sp³-hybridized carbons (Fsp3) is 0.688. The van der Waals surface area contributed by atoms with Gasteiger partial charge in [-0.1, -0.05) is 0 Å². The van der Waals surface area contributed by atoms with Crippen molar-refractivity contribution in [3.05, 3.63) is 18.6 Å². The molecule has 7 heteroatoms. The van der Waals surface area contributed by atoms with E-state index in [0.717, 1.165) is 19.4 Å². The van der Waals surface area contributed by atoms with Crippen molar-refractivity contribution < 1.29 is 14.3 Å². The van der Waals surface area contributed by atoms with Gasteiger partial charge in [-0.05, 0) is 14.1 Å². The van der Waals surface area contributed by atoms with Crippen LogP contribution in [0.4, 0.5) is 0 Å².